The molecule has 1 aliphatic heterocycles. The van der Waals surface area contributed by atoms with E-state index in [0.29, 0.717) is 24.5 Å². The summed E-state index contributed by atoms with van der Waals surface area (Å²) in [5.41, 5.74) is 0.992. The molecule has 0 radical (unpaired) electrons. The normalized spacial score (nSPS) is 18.2. The van der Waals surface area contributed by atoms with Gasteiger partial charge in [0, 0.05) is 30.0 Å². The van der Waals surface area contributed by atoms with Gasteiger partial charge in [-0.05, 0) is 31.0 Å². The van der Waals surface area contributed by atoms with Gasteiger partial charge in [0.05, 0.1) is 24.4 Å². The molecule has 0 spiro atoms. The second-order valence-corrected chi connectivity index (χ2v) is 5.70. The Morgan fingerprint density at radius 1 is 1.52 bits per heavy atom. The van der Waals surface area contributed by atoms with Crippen molar-refractivity contribution in [3.05, 3.63) is 29.4 Å². The molecule has 112 valence electrons. The summed E-state index contributed by atoms with van der Waals surface area (Å²) in [6.45, 7) is 1.97. The summed E-state index contributed by atoms with van der Waals surface area (Å²) in [6, 6.07) is 5.63. The van der Waals surface area contributed by atoms with Crippen LogP contribution in [0.4, 0.5) is 0 Å². The number of amides is 1. The first-order chi connectivity index (χ1) is 10.2. The molecule has 2 aromatic rings. The molecule has 0 bridgehead atoms. The van der Waals surface area contributed by atoms with E-state index in [0.717, 1.165) is 30.4 Å². The minimum atomic E-state index is 0.0307. The number of rotatable bonds is 5. The largest absolute Gasteiger partial charge is 0.376 e. The van der Waals surface area contributed by atoms with Gasteiger partial charge in [-0.2, -0.15) is 5.10 Å². The van der Waals surface area contributed by atoms with Crippen LogP contribution < -0.4 is 5.32 Å². The molecular weight excluding hydrogens is 290 g/mol. The summed E-state index contributed by atoms with van der Waals surface area (Å²) in [4.78, 5) is 11.9. The van der Waals surface area contributed by atoms with E-state index in [9.17, 15) is 4.79 Å². The number of hydrogen-bond acceptors (Lipinski definition) is 3. The summed E-state index contributed by atoms with van der Waals surface area (Å²) in [5.74, 6) is 0.0307. The lowest BCUT2D eigenvalue weighted by molar-refractivity contribution is -0.121. The first-order valence-electron chi connectivity index (χ1n) is 7.22. The van der Waals surface area contributed by atoms with Gasteiger partial charge in [0.15, 0.2) is 0 Å². The number of halogens is 1. The highest BCUT2D eigenvalue weighted by atomic mass is 35.5. The van der Waals surface area contributed by atoms with Crippen LogP contribution in [0.15, 0.2) is 24.4 Å². The fraction of sp³-hybridized carbons (Fsp3) is 0.467. The van der Waals surface area contributed by atoms with Crippen molar-refractivity contribution in [2.75, 3.05) is 13.2 Å². The minimum Gasteiger partial charge on any atom is -0.376 e. The summed E-state index contributed by atoms with van der Waals surface area (Å²) in [7, 11) is 0. The highest BCUT2D eigenvalue weighted by Crippen LogP contribution is 2.19. The smallest absolute Gasteiger partial charge is 0.221 e. The summed E-state index contributed by atoms with van der Waals surface area (Å²) in [5, 5.41) is 8.90. The van der Waals surface area contributed by atoms with Crippen molar-refractivity contribution in [2.45, 2.75) is 31.9 Å². The lowest BCUT2D eigenvalue weighted by Crippen LogP contribution is -2.32. The van der Waals surface area contributed by atoms with Gasteiger partial charge in [-0.25, -0.2) is 0 Å². The minimum absolute atomic E-state index is 0.0307. The molecule has 1 aromatic heterocycles. The maximum atomic E-state index is 11.9. The third-order valence-corrected chi connectivity index (χ3v) is 3.94. The van der Waals surface area contributed by atoms with Gasteiger partial charge >= 0.3 is 0 Å². The zero-order chi connectivity index (χ0) is 14.7. The van der Waals surface area contributed by atoms with Crippen molar-refractivity contribution in [1.29, 1.82) is 0 Å². The number of nitrogens with zero attached hydrogens (tertiary/aromatic N) is 2. The lowest BCUT2D eigenvalue weighted by Gasteiger charge is -2.10. The molecular formula is C15H18ClN3O2. The number of fused-ring (bicyclic) bond motifs is 1. The van der Waals surface area contributed by atoms with Gasteiger partial charge in [0.1, 0.15) is 0 Å². The van der Waals surface area contributed by atoms with E-state index in [-0.39, 0.29) is 12.0 Å². The average Bonchev–Trinajstić information content (AvgIpc) is 3.12. The maximum absolute atomic E-state index is 11.9. The Morgan fingerprint density at radius 3 is 3.24 bits per heavy atom. The van der Waals surface area contributed by atoms with Crippen molar-refractivity contribution in [3.8, 4) is 0 Å². The van der Waals surface area contributed by atoms with E-state index < -0.39 is 0 Å². The summed E-state index contributed by atoms with van der Waals surface area (Å²) < 4.78 is 7.31. The van der Waals surface area contributed by atoms with Crippen molar-refractivity contribution < 1.29 is 9.53 Å². The predicted molar refractivity (Wildman–Crippen MR) is 81.3 cm³/mol. The van der Waals surface area contributed by atoms with Crippen molar-refractivity contribution in [2.24, 2.45) is 0 Å². The molecule has 1 amide bonds. The predicted octanol–water partition coefficient (Wildman–Crippen LogP) is 2.38. The number of aryl methyl sites for hydroxylation is 1. The Hall–Kier alpha value is -1.59. The van der Waals surface area contributed by atoms with E-state index in [1.165, 1.54) is 0 Å². The Morgan fingerprint density at radius 2 is 2.43 bits per heavy atom. The standard InChI is InChI=1S/C15H18ClN3O2/c16-12-3-4-14-11(8-12)9-18-19(14)6-5-15(20)17-10-13-2-1-7-21-13/h3-4,8-9,13H,1-2,5-7,10H2,(H,17,20). The second-order valence-electron chi connectivity index (χ2n) is 5.26. The quantitative estimate of drug-likeness (QED) is 0.922. The molecule has 3 rings (SSSR count). The molecule has 1 fully saturated rings. The Kier molecular flexibility index (Phi) is 4.41. The van der Waals surface area contributed by atoms with Gasteiger partial charge in [-0.15, -0.1) is 0 Å². The fourth-order valence-electron chi connectivity index (χ4n) is 2.56. The molecule has 1 aromatic carbocycles. The number of ether oxygens (including phenoxy) is 1. The molecule has 5 nitrogen and oxygen atoms in total. The van der Waals surface area contributed by atoms with E-state index in [1.807, 2.05) is 22.9 Å². The molecule has 1 saturated heterocycles. The number of hydrogen-bond donors (Lipinski definition) is 1. The van der Waals surface area contributed by atoms with E-state index >= 15 is 0 Å². The first kappa shape index (κ1) is 14.4. The Labute approximate surface area is 128 Å². The molecule has 0 saturated carbocycles. The highest BCUT2D eigenvalue weighted by Gasteiger charge is 2.16. The molecule has 6 heteroatoms. The van der Waals surface area contributed by atoms with Crippen LogP contribution >= 0.6 is 11.6 Å². The van der Waals surface area contributed by atoms with Crippen molar-refractivity contribution in [1.82, 2.24) is 15.1 Å². The molecule has 1 N–H and O–H groups in total. The maximum Gasteiger partial charge on any atom is 0.221 e. The molecule has 1 aliphatic rings. The monoisotopic (exact) mass is 307 g/mol. The van der Waals surface area contributed by atoms with E-state index in [1.54, 1.807) is 6.20 Å². The first-order valence-corrected chi connectivity index (χ1v) is 7.59. The van der Waals surface area contributed by atoms with Crippen LogP contribution in [0.2, 0.25) is 5.02 Å². The average molecular weight is 308 g/mol. The van der Waals surface area contributed by atoms with Crippen LogP contribution in [-0.4, -0.2) is 34.9 Å². The molecule has 21 heavy (non-hydrogen) atoms. The highest BCUT2D eigenvalue weighted by molar-refractivity contribution is 6.31. The van der Waals surface area contributed by atoms with Gasteiger partial charge in [0.25, 0.3) is 0 Å². The van der Waals surface area contributed by atoms with Gasteiger partial charge in [0.2, 0.25) is 5.91 Å². The van der Waals surface area contributed by atoms with Crippen LogP contribution in [0.25, 0.3) is 10.9 Å². The Balaban J connectivity index is 1.52. The van der Waals surface area contributed by atoms with E-state index in [4.69, 9.17) is 16.3 Å². The zero-order valence-corrected chi connectivity index (χ0v) is 12.5. The lowest BCUT2D eigenvalue weighted by atomic mass is 10.2. The number of benzene rings is 1. The molecule has 1 unspecified atom stereocenters. The molecule has 2 heterocycles. The van der Waals surface area contributed by atoms with Crippen LogP contribution in [0, 0.1) is 0 Å². The number of carbonyl (C=O) groups excluding carboxylic acids is 1. The summed E-state index contributed by atoms with van der Waals surface area (Å²) in [6.07, 6.45) is 4.48. The summed E-state index contributed by atoms with van der Waals surface area (Å²) >= 11 is 5.95. The molecule has 0 aliphatic carbocycles. The second kappa shape index (κ2) is 6.45. The van der Waals surface area contributed by atoms with Crippen LogP contribution in [-0.2, 0) is 16.1 Å². The SMILES string of the molecule is O=C(CCn1ncc2cc(Cl)ccc21)NCC1CCCO1. The van der Waals surface area contributed by atoms with Gasteiger partial charge in [-0.3, -0.25) is 9.48 Å². The topological polar surface area (TPSA) is 56.2 Å². The van der Waals surface area contributed by atoms with Gasteiger partial charge in [-0.1, -0.05) is 11.6 Å². The van der Waals surface area contributed by atoms with Crippen LogP contribution in [0.3, 0.4) is 0 Å². The third kappa shape index (κ3) is 3.54. The van der Waals surface area contributed by atoms with Crippen molar-refractivity contribution in [3.63, 3.8) is 0 Å². The number of carbonyl (C=O) groups is 1. The zero-order valence-electron chi connectivity index (χ0n) is 11.7. The van der Waals surface area contributed by atoms with Crippen molar-refractivity contribution >= 4 is 28.4 Å². The van der Waals surface area contributed by atoms with Crippen LogP contribution in [0.1, 0.15) is 19.3 Å². The van der Waals surface area contributed by atoms with Crippen LogP contribution in [0.5, 0.6) is 0 Å². The molecule has 1 atom stereocenters. The fourth-order valence-corrected chi connectivity index (χ4v) is 2.75. The van der Waals surface area contributed by atoms with Gasteiger partial charge < -0.3 is 10.1 Å². The third-order valence-electron chi connectivity index (χ3n) is 3.71. The van der Waals surface area contributed by atoms with E-state index in [2.05, 4.69) is 10.4 Å². The number of aromatic nitrogens is 2. The number of nitrogens with one attached hydrogen (secondary N) is 1. The Bertz CT molecular complexity index is 635.